The number of amides is 1. The molecule has 1 amide bonds. The van der Waals surface area contributed by atoms with E-state index in [2.05, 4.69) is 24.3 Å². The molecule has 0 bridgehead atoms. The first-order chi connectivity index (χ1) is 13.6. The molecule has 0 unspecified atom stereocenters. The lowest BCUT2D eigenvalue weighted by atomic mass is 10.0. The van der Waals surface area contributed by atoms with Crippen molar-refractivity contribution < 1.29 is 14.7 Å². The van der Waals surface area contributed by atoms with E-state index >= 15 is 0 Å². The van der Waals surface area contributed by atoms with E-state index in [9.17, 15) is 9.59 Å². The van der Waals surface area contributed by atoms with E-state index in [1.807, 2.05) is 41.3 Å². The predicted octanol–water partition coefficient (Wildman–Crippen LogP) is 4.55. The minimum absolute atomic E-state index is 0.0265. The van der Waals surface area contributed by atoms with Crippen molar-refractivity contribution in [3.8, 4) is 11.1 Å². The van der Waals surface area contributed by atoms with Crippen LogP contribution >= 0.6 is 0 Å². The molecule has 0 fully saturated rings. The fourth-order valence-corrected chi connectivity index (χ4v) is 4.00. The highest BCUT2D eigenvalue weighted by Gasteiger charge is 2.33. The van der Waals surface area contributed by atoms with Crippen LogP contribution in [0.1, 0.15) is 40.0 Å². The number of carbonyl (C=O) groups is 2. The van der Waals surface area contributed by atoms with Crippen molar-refractivity contribution in [2.24, 2.45) is 0 Å². The summed E-state index contributed by atoms with van der Waals surface area (Å²) >= 11 is 0. The van der Waals surface area contributed by atoms with E-state index in [0.29, 0.717) is 13.0 Å². The summed E-state index contributed by atoms with van der Waals surface area (Å²) in [5.74, 6) is -0.908. The lowest BCUT2D eigenvalue weighted by Gasteiger charge is -2.30. The maximum Gasteiger partial charge on any atom is 0.335 e. The van der Waals surface area contributed by atoms with Gasteiger partial charge in [0.15, 0.2) is 0 Å². The van der Waals surface area contributed by atoms with Gasteiger partial charge in [-0.3, -0.25) is 4.79 Å². The molecule has 0 saturated carbocycles. The fourth-order valence-electron chi connectivity index (χ4n) is 4.00. The average Bonchev–Trinajstić information content (AvgIpc) is 3.03. The Balaban J connectivity index is 1.63. The number of hydrogen-bond acceptors (Lipinski definition) is 2. The summed E-state index contributed by atoms with van der Waals surface area (Å²) < 4.78 is 0. The summed E-state index contributed by atoms with van der Waals surface area (Å²) in [7, 11) is 0. The third kappa shape index (κ3) is 3.18. The first-order valence-corrected chi connectivity index (χ1v) is 9.34. The standard InChI is InChI=1S/C24H21NO3/c1-16(26)25(15-14-17-10-12-18(13-11-17)24(27)28)23-21-8-4-2-6-19(21)20-7-3-5-9-22(20)23/h2-13,23H,14-15H2,1H3,(H,27,28). The zero-order valence-electron chi connectivity index (χ0n) is 15.6. The molecule has 0 saturated heterocycles. The van der Waals surface area contributed by atoms with Crippen molar-refractivity contribution in [2.75, 3.05) is 6.54 Å². The van der Waals surface area contributed by atoms with E-state index in [1.54, 1.807) is 19.1 Å². The molecular weight excluding hydrogens is 350 g/mol. The molecule has 4 heteroatoms. The lowest BCUT2D eigenvalue weighted by molar-refractivity contribution is -0.130. The number of fused-ring (bicyclic) bond motifs is 3. The monoisotopic (exact) mass is 371 g/mol. The van der Waals surface area contributed by atoms with Crippen molar-refractivity contribution in [1.82, 2.24) is 4.90 Å². The topological polar surface area (TPSA) is 57.6 Å². The molecule has 3 aromatic carbocycles. The van der Waals surface area contributed by atoms with Gasteiger partial charge in [0.05, 0.1) is 11.6 Å². The van der Waals surface area contributed by atoms with E-state index < -0.39 is 5.97 Å². The van der Waals surface area contributed by atoms with Crippen LogP contribution < -0.4 is 0 Å². The van der Waals surface area contributed by atoms with Gasteiger partial charge in [-0.05, 0) is 46.4 Å². The van der Waals surface area contributed by atoms with Gasteiger partial charge in [0.25, 0.3) is 0 Å². The molecule has 0 aliphatic heterocycles. The van der Waals surface area contributed by atoms with Crippen LogP contribution in [-0.4, -0.2) is 28.4 Å². The van der Waals surface area contributed by atoms with Crippen LogP contribution in [0.2, 0.25) is 0 Å². The van der Waals surface area contributed by atoms with Gasteiger partial charge in [0.1, 0.15) is 0 Å². The van der Waals surface area contributed by atoms with Crippen LogP contribution in [0.25, 0.3) is 11.1 Å². The number of carboxylic acids is 1. The molecule has 140 valence electrons. The number of carbonyl (C=O) groups excluding carboxylic acids is 1. The van der Waals surface area contributed by atoms with Crippen LogP contribution in [0.5, 0.6) is 0 Å². The molecule has 4 rings (SSSR count). The van der Waals surface area contributed by atoms with Crippen molar-refractivity contribution in [2.45, 2.75) is 19.4 Å². The van der Waals surface area contributed by atoms with Crippen LogP contribution in [0.4, 0.5) is 0 Å². The Morgan fingerprint density at radius 2 is 1.39 bits per heavy atom. The molecule has 1 aliphatic carbocycles. The Labute approximate surface area is 164 Å². The van der Waals surface area contributed by atoms with Gasteiger partial charge in [-0.1, -0.05) is 60.7 Å². The van der Waals surface area contributed by atoms with E-state index in [-0.39, 0.29) is 17.5 Å². The molecule has 28 heavy (non-hydrogen) atoms. The second kappa shape index (κ2) is 7.31. The summed E-state index contributed by atoms with van der Waals surface area (Å²) in [6.07, 6.45) is 0.667. The Bertz CT molecular complexity index is 994. The number of aromatic carboxylic acids is 1. The number of carboxylic acid groups (broad SMARTS) is 1. The Hall–Kier alpha value is -3.40. The molecule has 4 nitrogen and oxygen atoms in total. The zero-order valence-corrected chi connectivity index (χ0v) is 15.6. The second-order valence-corrected chi connectivity index (χ2v) is 7.04. The first-order valence-electron chi connectivity index (χ1n) is 9.34. The van der Waals surface area contributed by atoms with Gasteiger partial charge in [-0.25, -0.2) is 4.79 Å². The minimum atomic E-state index is -0.934. The summed E-state index contributed by atoms with van der Waals surface area (Å²) in [5, 5.41) is 9.04. The van der Waals surface area contributed by atoms with Crippen LogP contribution in [0.3, 0.4) is 0 Å². The lowest BCUT2D eigenvalue weighted by Crippen LogP contribution is -2.34. The van der Waals surface area contributed by atoms with Crippen LogP contribution in [0.15, 0.2) is 72.8 Å². The molecule has 1 aliphatic rings. The highest BCUT2D eigenvalue weighted by molar-refractivity contribution is 5.87. The van der Waals surface area contributed by atoms with Crippen molar-refractivity contribution in [3.63, 3.8) is 0 Å². The third-order valence-electron chi connectivity index (χ3n) is 5.36. The Morgan fingerprint density at radius 3 is 1.89 bits per heavy atom. The predicted molar refractivity (Wildman–Crippen MR) is 108 cm³/mol. The molecule has 0 radical (unpaired) electrons. The maximum atomic E-state index is 12.6. The third-order valence-corrected chi connectivity index (χ3v) is 5.36. The second-order valence-electron chi connectivity index (χ2n) is 7.04. The summed E-state index contributed by atoms with van der Waals surface area (Å²) in [5.41, 5.74) is 5.95. The summed E-state index contributed by atoms with van der Waals surface area (Å²) in [6, 6.07) is 23.2. The zero-order chi connectivity index (χ0) is 19.7. The normalized spacial score (nSPS) is 12.3. The molecule has 0 spiro atoms. The Morgan fingerprint density at radius 1 is 0.857 bits per heavy atom. The van der Waals surface area contributed by atoms with E-state index in [0.717, 1.165) is 16.7 Å². The summed E-state index contributed by atoms with van der Waals surface area (Å²) in [4.78, 5) is 25.5. The number of rotatable bonds is 5. The largest absolute Gasteiger partial charge is 0.478 e. The van der Waals surface area contributed by atoms with Gasteiger partial charge in [-0.2, -0.15) is 0 Å². The maximum absolute atomic E-state index is 12.6. The highest BCUT2D eigenvalue weighted by Crippen LogP contribution is 2.46. The van der Waals surface area contributed by atoms with Crippen molar-refractivity contribution in [3.05, 3.63) is 95.1 Å². The van der Waals surface area contributed by atoms with Gasteiger partial charge >= 0.3 is 5.97 Å². The summed E-state index contributed by atoms with van der Waals surface area (Å²) in [6.45, 7) is 2.17. The van der Waals surface area contributed by atoms with E-state index in [4.69, 9.17) is 5.11 Å². The SMILES string of the molecule is CC(=O)N(CCc1ccc(C(=O)O)cc1)C1c2ccccc2-c2ccccc21. The van der Waals surface area contributed by atoms with Crippen LogP contribution in [-0.2, 0) is 11.2 Å². The quantitative estimate of drug-likeness (QED) is 0.716. The molecule has 3 aromatic rings. The first kappa shape index (κ1) is 18.0. The van der Waals surface area contributed by atoms with Gasteiger partial charge < -0.3 is 10.0 Å². The Kier molecular flexibility index (Phi) is 4.70. The van der Waals surface area contributed by atoms with Crippen LogP contribution in [0, 0.1) is 0 Å². The molecule has 0 heterocycles. The van der Waals surface area contributed by atoms with Crippen molar-refractivity contribution in [1.29, 1.82) is 0 Å². The fraction of sp³-hybridized carbons (Fsp3) is 0.167. The van der Waals surface area contributed by atoms with Gasteiger partial charge in [0.2, 0.25) is 5.91 Å². The van der Waals surface area contributed by atoms with Gasteiger partial charge in [0, 0.05) is 13.5 Å². The number of nitrogens with zero attached hydrogens (tertiary/aromatic N) is 1. The van der Waals surface area contributed by atoms with E-state index in [1.165, 1.54) is 11.1 Å². The number of hydrogen-bond donors (Lipinski definition) is 1. The smallest absolute Gasteiger partial charge is 0.335 e. The van der Waals surface area contributed by atoms with Gasteiger partial charge in [-0.15, -0.1) is 0 Å². The molecule has 0 aromatic heterocycles. The molecular formula is C24H21NO3. The van der Waals surface area contributed by atoms with Crippen molar-refractivity contribution >= 4 is 11.9 Å². The minimum Gasteiger partial charge on any atom is -0.478 e. The average molecular weight is 371 g/mol. The highest BCUT2D eigenvalue weighted by atomic mass is 16.4. The molecule has 0 atom stereocenters. The number of benzene rings is 3. The molecule has 1 N–H and O–H groups in total.